The van der Waals surface area contributed by atoms with Gasteiger partial charge in [0.1, 0.15) is 18.5 Å². The first-order valence-corrected chi connectivity index (χ1v) is 10.7. The van der Waals surface area contributed by atoms with E-state index in [1.54, 1.807) is 22.7 Å². The molecule has 2 heterocycles. The molecule has 5 heteroatoms. The van der Waals surface area contributed by atoms with Crippen molar-refractivity contribution in [2.45, 2.75) is 12.6 Å². The molecule has 2 aromatic carbocycles. The van der Waals surface area contributed by atoms with Gasteiger partial charge in [-0.25, -0.2) is 0 Å². The Labute approximate surface area is 166 Å². The Balaban J connectivity index is 1.30. The topological polar surface area (TPSA) is 41.5 Å². The van der Waals surface area contributed by atoms with Crippen LogP contribution in [-0.2, 0) is 6.54 Å². The fourth-order valence-corrected chi connectivity index (χ4v) is 4.60. The molecule has 0 fully saturated rings. The van der Waals surface area contributed by atoms with E-state index in [0.29, 0.717) is 6.54 Å². The Morgan fingerprint density at radius 3 is 2.63 bits per heavy atom. The van der Waals surface area contributed by atoms with Crippen molar-refractivity contribution in [2.24, 2.45) is 0 Å². The van der Waals surface area contributed by atoms with Gasteiger partial charge in [0.05, 0.1) is 0 Å². The molecule has 1 atom stereocenters. The normalized spacial score (nSPS) is 12.3. The Morgan fingerprint density at radius 2 is 1.81 bits per heavy atom. The lowest BCUT2D eigenvalue weighted by Crippen LogP contribution is -2.30. The molecule has 0 spiro atoms. The zero-order valence-corrected chi connectivity index (χ0v) is 16.4. The van der Waals surface area contributed by atoms with Crippen LogP contribution in [0.5, 0.6) is 5.75 Å². The van der Waals surface area contributed by atoms with Crippen LogP contribution in [0.4, 0.5) is 0 Å². The van der Waals surface area contributed by atoms with Gasteiger partial charge < -0.3 is 15.2 Å². The molecule has 27 heavy (non-hydrogen) atoms. The van der Waals surface area contributed by atoms with Gasteiger partial charge in [-0.2, -0.15) is 0 Å². The number of hydrogen-bond donors (Lipinski definition) is 2. The summed E-state index contributed by atoms with van der Waals surface area (Å²) >= 11 is 3.47. The van der Waals surface area contributed by atoms with Gasteiger partial charge in [0.25, 0.3) is 0 Å². The van der Waals surface area contributed by atoms with Crippen LogP contribution in [-0.4, -0.2) is 24.4 Å². The van der Waals surface area contributed by atoms with Crippen LogP contribution in [0, 0.1) is 0 Å². The molecule has 0 radical (unpaired) electrons. The molecule has 0 saturated carbocycles. The average Bonchev–Trinajstić information content (AvgIpc) is 3.37. The fraction of sp³-hybridized carbons (Fsp3) is 0.182. The highest BCUT2D eigenvalue weighted by Crippen LogP contribution is 2.34. The van der Waals surface area contributed by atoms with E-state index in [-0.39, 0.29) is 6.61 Å². The van der Waals surface area contributed by atoms with Crippen molar-refractivity contribution in [3.8, 4) is 16.9 Å². The Kier molecular flexibility index (Phi) is 5.84. The van der Waals surface area contributed by atoms with E-state index in [1.807, 2.05) is 18.2 Å². The van der Waals surface area contributed by atoms with Crippen molar-refractivity contribution < 1.29 is 9.84 Å². The van der Waals surface area contributed by atoms with E-state index in [4.69, 9.17) is 4.74 Å². The van der Waals surface area contributed by atoms with Crippen molar-refractivity contribution in [3.63, 3.8) is 0 Å². The zero-order valence-electron chi connectivity index (χ0n) is 14.8. The summed E-state index contributed by atoms with van der Waals surface area (Å²) in [7, 11) is 0. The molecule has 0 bridgehead atoms. The summed E-state index contributed by atoms with van der Waals surface area (Å²) in [5, 5.41) is 18.9. The summed E-state index contributed by atoms with van der Waals surface area (Å²) < 4.78 is 7.03. The molecule has 4 aromatic rings. The second-order valence-corrected chi connectivity index (χ2v) is 8.29. The largest absolute Gasteiger partial charge is 0.491 e. The number of benzene rings is 2. The van der Waals surface area contributed by atoms with Gasteiger partial charge in [-0.3, -0.25) is 0 Å². The number of ether oxygens (including phenoxy) is 1. The molecule has 0 aliphatic heterocycles. The molecule has 3 nitrogen and oxygen atoms in total. The van der Waals surface area contributed by atoms with Crippen molar-refractivity contribution in [2.75, 3.05) is 13.2 Å². The van der Waals surface area contributed by atoms with E-state index in [9.17, 15) is 5.11 Å². The lowest BCUT2D eigenvalue weighted by atomic mass is 10.0. The summed E-state index contributed by atoms with van der Waals surface area (Å²) in [6.07, 6.45) is -0.537. The van der Waals surface area contributed by atoms with Crippen molar-refractivity contribution in [1.29, 1.82) is 0 Å². The smallest absolute Gasteiger partial charge is 0.119 e. The molecular weight excluding hydrogens is 374 g/mol. The van der Waals surface area contributed by atoms with Gasteiger partial charge >= 0.3 is 0 Å². The lowest BCUT2D eigenvalue weighted by Gasteiger charge is -2.13. The van der Waals surface area contributed by atoms with Crippen LogP contribution in [0.25, 0.3) is 21.2 Å². The van der Waals surface area contributed by atoms with Crippen LogP contribution in [0.15, 0.2) is 71.4 Å². The number of nitrogens with one attached hydrogen (secondary N) is 1. The van der Waals surface area contributed by atoms with Crippen molar-refractivity contribution in [3.05, 3.63) is 76.3 Å². The fourth-order valence-electron chi connectivity index (χ4n) is 2.96. The van der Waals surface area contributed by atoms with Gasteiger partial charge in [-0.1, -0.05) is 36.4 Å². The quantitative estimate of drug-likeness (QED) is 0.433. The molecule has 0 aliphatic carbocycles. The molecule has 0 saturated heterocycles. The van der Waals surface area contributed by atoms with Gasteiger partial charge in [0.15, 0.2) is 0 Å². The summed E-state index contributed by atoms with van der Waals surface area (Å²) in [6, 6.07) is 20.6. The van der Waals surface area contributed by atoms with E-state index >= 15 is 0 Å². The molecule has 138 valence electrons. The maximum Gasteiger partial charge on any atom is 0.119 e. The maximum absolute atomic E-state index is 10.1. The van der Waals surface area contributed by atoms with E-state index in [1.165, 1.54) is 26.1 Å². The molecule has 2 N–H and O–H groups in total. The van der Waals surface area contributed by atoms with Crippen LogP contribution >= 0.6 is 22.7 Å². The van der Waals surface area contributed by atoms with Crippen LogP contribution in [0.1, 0.15) is 4.88 Å². The number of aliphatic hydroxyl groups excluding tert-OH is 1. The van der Waals surface area contributed by atoms with Crippen molar-refractivity contribution >= 4 is 32.8 Å². The van der Waals surface area contributed by atoms with Gasteiger partial charge in [-0.15, -0.1) is 22.7 Å². The number of rotatable bonds is 8. The zero-order chi connectivity index (χ0) is 18.5. The van der Waals surface area contributed by atoms with E-state index in [0.717, 1.165) is 12.3 Å². The summed E-state index contributed by atoms with van der Waals surface area (Å²) in [6.45, 7) is 1.56. The highest BCUT2D eigenvalue weighted by atomic mass is 32.1. The molecule has 4 rings (SSSR count). The van der Waals surface area contributed by atoms with E-state index in [2.05, 4.69) is 58.5 Å². The number of hydrogen-bond acceptors (Lipinski definition) is 5. The number of thiophene rings is 2. The van der Waals surface area contributed by atoms with E-state index < -0.39 is 6.10 Å². The Morgan fingerprint density at radius 1 is 0.963 bits per heavy atom. The Bertz CT molecular complexity index is 977. The third-order valence-electron chi connectivity index (χ3n) is 4.35. The predicted molar refractivity (Wildman–Crippen MR) is 115 cm³/mol. The summed E-state index contributed by atoms with van der Waals surface area (Å²) in [4.78, 5) is 1.26. The first-order valence-electron chi connectivity index (χ1n) is 8.90. The number of fused-ring (bicyclic) bond motifs is 1. The third kappa shape index (κ3) is 4.57. The Hall–Kier alpha value is -2.18. The van der Waals surface area contributed by atoms with Gasteiger partial charge in [-0.05, 0) is 40.6 Å². The van der Waals surface area contributed by atoms with Gasteiger partial charge in [0.2, 0.25) is 0 Å². The van der Waals surface area contributed by atoms with Crippen LogP contribution in [0.2, 0.25) is 0 Å². The minimum absolute atomic E-state index is 0.276. The molecule has 2 aromatic heterocycles. The SMILES string of the molecule is OC(CNCc1cccs1)COc1ccc(-c2csc3ccccc23)cc1. The molecular formula is C22H21NO2S2. The maximum atomic E-state index is 10.1. The highest BCUT2D eigenvalue weighted by molar-refractivity contribution is 7.17. The van der Waals surface area contributed by atoms with Gasteiger partial charge in [0, 0.05) is 33.6 Å². The monoisotopic (exact) mass is 395 g/mol. The lowest BCUT2D eigenvalue weighted by molar-refractivity contribution is 0.106. The molecule has 1 unspecified atom stereocenters. The standard InChI is InChI=1S/C22H21NO2S2/c24-17(12-23-13-19-4-3-11-26-19)14-25-18-9-7-16(8-10-18)21-15-27-22-6-2-1-5-20(21)22/h1-11,15,17,23-24H,12-14H2. The molecule has 0 aliphatic rings. The van der Waals surface area contributed by atoms with Crippen LogP contribution < -0.4 is 10.1 Å². The minimum atomic E-state index is -0.537. The second-order valence-electron chi connectivity index (χ2n) is 6.35. The third-order valence-corrected chi connectivity index (χ3v) is 6.19. The predicted octanol–water partition coefficient (Wildman–Crippen LogP) is 5.16. The van der Waals surface area contributed by atoms with Crippen molar-refractivity contribution in [1.82, 2.24) is 5.32 Å². The minimum Gasteiger partial charge on any atom is -0.491 e. The average molecular weight is 396 g/mol. The second kappa shape index (κ2) is 8.67. The van der Waals surface area contributed by atoms with Crippen LogP contribution in [0.3, 0.4) is 0 Å². The summed E-state index contributed by atoms with van der Waals surface area (Å²) in [5.74, 6) is 0.774. The highest BCUT2D eigenvalue weighted by Gasteiger charge is 2.08. The first-order chi connectivity index (χ1) is 13.3. The molecule has 0 amide bonds. The summed E-state index contributed by atoms with van der Waals surface area (Å²) in [5.41, 5.74) is 2.43. The first kappa shape index (κ1) is 18.2. The number of aliphatic hydroxyl groups is 1.